The van der Waals surface area contributed by atoms with Gasteiger partial charge < -0.3 is 4.90 Å². The van der Waals surface area contributed by atoms with E-state index in [0.717, 1.165) is 58.9 Å². The van der Waals surface area contributed by atoms with Crippen LogP contribution in [0.5, 0.6) is 0 Å². The predicted molar refractivity (Wildman–Crippen MR) is 141 cm³/mol. The van der Waals surface area contributed by atoms with E-state index in [4.69, 9.17) is 11.6 Å². The second kappa shape index (κ2) is 10.1. The summed E-state index contributed by atoms with van der Waals surface area (Å²) in [7, 11) is -3.79. The van der Waals surface area contributed by atoms with Crippen molar-refractivity contribution in [1.29, 1.82) is 0 Å². The lowest BCUT2D eigenvalue weighted by molar-refractivity contribution is 0.0997. The molecule has 1 saturated heterocycles. The first-order chi connectivity index (χ1) is 16.2. The summed E-state index contributed by atoms with van der Waals surface area (Å²) in [6.07, 6.45) is 3.69. The molecule has 1 aromatic heterocycles. The third-order valence-electron chi connectivity index (χ3n) is 6.36. The standard InChI is InChI=1S/C26H29ClN2O3S2/c1-17-7-9-20(10-8-17)34(31,32)28-23-11-14-33-26(23)24(30)16-21-18(2)15-22(27)25(19(21)3)29-12-5-4-6-13-29/h7-11,14-15,28H,4-6,12-13,16H2,1-3H3. The molecule has 8 heteroatoms. The van der Waals surface area contributed by atoms with Crippen molar-refractivity contribution in [1.82, 2.24) is 0 Å². The summed E-state index contributed by atoms with van der Waals surface area (Å²) in [6, 6.07) is 10.2. The molecule has 3 aromatic rings. The Bertz CT molecular complexity index is 1310. The Morgan fingerprint density at radius 3 is 2.41 bits per heavy atom. The van der Waals surface area contributed by atoms with Crippen LogP contribution in [0.3, 0.4) is 0 Å². The number of nitrogens with zero attached hydrogens (tertiary/aromatic N) is 1. The van der Waals surface area contributed by atoms with Crippen LogP contribution < -0.4 is 9.62 Å². The highest BCUT2D eigenvalue weighted by Crippen LogP contribution is 2.37. The molecule has 2 aromatic carbocycles. The van der Waals surface area contributed by atoms with E-state index in [2.05, 4.69) is 9.62 Å². The van der Waals surface area contributed by atoms with E-state index < -0.39 is 10.0 Å². The molecular weight excluding hydrogens is 488 g/mol. The van der Waals surface area contributed by atoms with Crippen LogP contribution in [-0.2, 0) is 16.4 Å². The van der Waals surface area contributed by atoms with E-state index in [1.807, 2.05) is 26.8 Å². The molecule has 0 spiro atoms. The Hall–Kier alpha value is -2.35. The number of rotatable bonds is 7. The molecule has 5 nitrogen and oxygen atoms in total. The van der Waals surface area contributed by atoms with Gasteiger partial charge in [-0.2, -0.15) is 0 Å². The largest absolute Gasteiger partial charge is 0.370 e. The van der Waals surface area contributed by atoms with Gasteiger partial charge in [0.25, 0.3) is 10.0 Å². The van der Waals surface area contributed by atoms with E-state index in [9.17, 15) is 13.2 Å². The predicted octanol–water partition coefficient (Wildman–Crippen LogP) is 6.54. The first kappa shape index (κ1) is 24.8. The van der Waals surface area contributed by atoms with Gasteiger partial charge in [-0.15, -0.1) is 11.3 Å². The summed E-state index contributed by atoms with van der Waals surface area (Å²) in [4.78, 5) is 16.3. The van der Waals surface area contributed by atoms with Crippen LogP contribution in [0, 0.1) is 20.8 Å². The molecular formula is C26H29ClN2O3S2. The zero-order valence-electron chi connectivity index (χ0n) is 19.7. The van der Waals surface area contributed by atoms with Crippen LogP contribution in [0.2, 0.25) is 5.02 Å². The monoisotopic (exact) mass is 516 g/mol. The SMILES string of the molecule is Cc1ccc(S(=O)(=O)Nc2ccsc2C(=O)Cc2c(C)cc(Cl)c(N3CCCCC3)c2C)cc1. The van der Waals surface area contributed by atoms with Crippen molar-refractivity contribution in [2.75, 3.05) is 22.7 Å². The van der Waals surface area contributed by atoms with Gasteiger partial charge in [0.2, 0.25) is 0 Å². The molecule has 0 bridgehead atoms. The van der Waals surface area contributed by atoms with Crippen LogP contribution in [0.4, 0.5) is 11.4 Å². The number of benzene rings is 2. The van der Waals surface area contributed by atoms with Gasteiger partial charge in [-0.1, -0.05) is 29.3 Å². The number of aryl methyl sites for hydroxylation is 2. The van der Waals surface area contributed by atoms with E-state index in [0.29, 0.717) is 10.6 Å². The number of carbonyl (C=O) groups is 1. The number of carbonyl (C=O) groups excluding carboxylic acids is 1. The number of ketones is 1. The van der Waals surface area contributed by atoms with Gasteiger partial charge in [-0.25, -0.2) is 8.42 Å². The Labute approximate surface area is 210 Å². The maximum absolute atomic E-state index is 13.4. The molecule has 0 unspecified atom stereocenters. The minimum Gasteiger partial charge on any atom is -0.370 e. The Morgan fingerprint density at radius 2 is 1.74 bits per heavy atom. The third kappa shape index (κ3) is 5.16. The summed E-state index contributed by atoms with van der Waals surface area (Å²) in [5.41, 5.74) is 5.25. The average molecular weight is 517 g/mol. The lowest BCUT2D eigenvalue weighted by Crippen LogP contribution is -2.30. The normalized spacial score (nSPS) is 14.3. The second-order valence-corrected chi connectivity index (χ2v) is 11.9. The zero-order chi connectivity index (χ0) is 24.5. The molecule has 1 fully saturated rings. The van der Waals surface area contributed by atoms with Crippen molar-refractivity contribution in [2.45, 2.75) is 51.3 Å². The van der Waals surface area contributed by atoms with Crippen LogP contribution >= 0.6 is 22.9 Å². The third-order valence-corrected chi connectivity index (χ3v) is 8.98. The maximum Gasteiger partial charge on any atom is 0.261 e. The van der Waals surface area contributed by atoms with Gasteiger partial charge in [-0.05, 0) is 86.4 Å². The second-order valence-electron chi connectivity index (χ2n) is 8.86. The van der Waals surface area contributed by atoms with Crippen molar-refractivity contribution in [3.8, 4) is 0 Å². The molecule has 1 N–H and O–H groups in total. The van der Waals surface area contributed by atoms with Crippen molar-refractivity contribution in [2.24, 2.45) is 0 Å². The molecule has 0 radical (unpaired) electrons. The van der Waals surface area contributed by atoms with Crippen molar-refractivity contribution >= 4 is 50.1 Å². The molecule has 34 heavy (non-hydrogen) atoms. The van der Waals surface area contributed by atoms with E-state index in [1.54, 1.807) is 35.7 Å². The Balaban J connectivity index is 1.60. The van der Waals surface area contributed by atoms with Gasteiger partial charge >= 0.3 is 0 Å². The number of sulfonamides is 1. The summed E-state index contributed by atoms with van der Waals surface area (Å²) >= 11 is 7.89. The zero-order valence-corrected chi connectivity index (χ0v) is 22.0. The van der Waals surface area contributed by atoms with Gasteiger partial charge in [-0.3, -0.25) is 9.52 Å². The van der Waals surface area contributed by atoms with E-state index >= 15 is 0 Å². The minimum atomic E-state index is -3.79. The van der Waals surface area contributed by atoms with E-state index in [-0.39, 0.29) is 17.1 Å². The lowest BCUT2D eigenvalue weighted by atomic mass is 9.94. The number of hydrogen-bond acceptors (Lipinski definition) is 5. The number of nitrogens with one attached hydrogen (secondary N) is 1. The molecule has 0 saturated carbocycles. The van der Waals surface area contributed by atoms with Crippen LogP contribution in [0.15, 0.2) is 46.7 Å². The first-order valence-electron chi connectivity index (χ1n) is 11.4. The Morgan fingerprint density at radius 1 is 1.06 bits per heavy atom. The molecule has 0 aliphatic carbocycles. The molecule has 0 atom stereocenters. The summed E-state index contributed by atoms with van der Waals surface area (Å²) < 4.78 is 28.3. The quantitative estimate of drug-likeness (QED) is 0.362. The molecule has 4 rings (SSSR count). The number of Topliss-reactive ketones (excluding diaryl/α,β-unsaturated/α-hetero) is 1. The number of piperidine rings is 1. The summed E-state index contributed by atoms with van der Waals surface area (Å²) in [5, 5.41) is 2.46. The number of hydrogen-bond donors (Lipinski definition) is 1. The maximum atomic E-state index is 13.4. The van der Waals surface area contributed by atoms with Gasteiger partial charge in [0.15, 0.2) is 5.78 Å². The van der Waals surface area contributed by atoms with E-state index in [1.165, 1.54) is 17.8 Å². The molecule has 1 aliphatic rings. The highest BCUT2D eigenvalue weighted by Gasteiger charge is 2.24. The summed E-state index contributed by atoms with van der Waals surface area (Å²) in [6.45, 7) is 7.83. The topological polar surface area (TPSA) is 66.5 Å². The average Bonchev–Trinajstić information content (AvgIpc) is 3.25. The van der Waals surface area contributed by atoms with Gasteiger partial charge in [0, 0.05) is 19.5 Å². The smallest absolute Gasteiger partial charge is 0.261 e. The fourth-order valence-corrected chi connectivity index (χ4v) is 6.86. The lowest BCUT2D eigenvalue weighted by Gasteiger charge is -2.32. The number of halogens is 1. The first-order valence-corrected chi connectivity index (χ1v) is 14.1. The highest BCUT2D eigenvalue weighted by molar-refractivity contribution is 7.92. The fourth-order valence-electron chi connectivity index (χ4n) is 4.51. The Kier molecular flexibility index (Phi) is 7.36. The molecule has 2 heterocycles. The molecule has 180 valence electrons. The van der Waals surface area contributed by atoms with Crippen LogP contribution in [-0.4, -0.2) is 27.3 Å². The van der Waals surface area contributed by atoms with Gasteiger partial charge in [0.1, 0.15) is 0 Å². The van der Waals surface area contributed by atoms with Crippen LogP contribution in [0.25, 0.3) is 0 Å². The van der Waals surface area contributed by atoms with Crippen molar-refractivity contribution in [3.05, 3.63) is 73.9 Å². The van der Waals surface area contributed by atoms with Crippen molar-refractivity contribution < 1.29 is 13.2 Å². The van der Waals surface area contributed by atoms with Crippen molar-refractivity contribution in [3.63, 3.8) is 0 Å². The fraction of sp³-hybridized carbons (Fsp3) is 0.346. The number of thiophene rings is 1. The van der Waals surface area contributed by atoms with Crippen LogP contribution in [0.1, 0.15) is 51.2 Å². The molecule has 1 aliphatic heterocycles. The highest BCUT2D eigenvalue weighted by atomic mass is 35.5. The summed E-state index contributed by atoms with van der Waals surface area (Å²) in [5.74, 6) is -0.116. The van der Waals surface area contributed by atoms with Gasteiger partial charge in [0.05, 0.1) is 26.2 Å². The minimum absolute atomic E-state index is 0.116. The molecule has 0 amide bonds. The number of anilines is 2.